The fourth-order valence-corrected chi connectivity index (χ4v) is 4.05. The predicted octanol–water partition coefficient (Wildman–Crippen LogP) is 4.79. The summed E-state index contributed by atoms with van der Waals surface area (Å²) in [5, 5.41) is 5.45. The molecule has 9 heteroatoms. The number of aromatic nitrogens is 2. The molecule has 1 N–H and O–H groups in total. The molecular formula is C20H18ClFN4O2S. The molecule has 6 nitrogen and oxygen atoms in total. The van der Waals surface area contributed by atoms with Gasteiger partial charge in [0.15, 0.2) is 6.20 Å². The molecule has 3 rings (SSSR count). The smallest absolute Gasteiger partial charge is 0.229 e. The van der Waals surface area contributed by atoms with Crippen LogP contribution in [0.3, 0.4) is 0 Å². The molecule has 0 aliphatic heterocycles. The Hall–Kier alpha value is -2.89. The monoisotopic (exact) mass is 432 g/mol. The average Bonchev–Trinajstić information content (AvgIpc) is 3.07. The third-order valence-corrected chi connectivity index (χ3v) is 5.48. The summed E-state index contributed by atoms with van der Waals surface area (Å²) < 4.78 is 41.7. The second kappa shape index (κ2) is 7.85. The van der Waals surface area contributed by atoms with Crippen molar-refractivity contribution in [1.82, 2.24) is 9.78 Å². The van der Waals surface area contributed by atoms with Gasteiger partial charge in [0.25, 0.3) is 0 Å². The maximum absolute atomic E-state index is 14.4. The van der Waals surface area contributed by atoms with Crippen LogP contribution in [0.5, 0.6) is 0 Å². The van der Waals surface area contributed by atoms with Crippen LogP contribution in [0.1, 0.15) is 18.9 Å². The Morgan fingerprint density at radius 3 is 2.62 bits per heavy atom. The number of fused-ring (bicyclic) bond motifs is 1. The molecule has 0 spiro atoms. The summed E-state index contributed by atoms with van der Waals surface area (Å²) in [6, 6.07) is 9.51. The summed E-state index contributed by atoms with van der Waals surface area (Å²) in [5.41, 5.74) is 0.398. The van der Waals surface area contributed by atoms with Crippen LogP contribution in [0.2, 0.25) is 5.02 Å². The molecule has 1 unspecified atom stereocenters. The molecule has 1 aromatic heterocycles. The quantitative estimate of drug-likeness (QED) is 0.569. The lowest BCUT2D eigenvalue weighted by molar-refractivity contribution is 0.402. The second-order valence-electron chi connectivity index (χ2n) is 6.55. The molecule has 1 atom stereocenters. The van der Waals surface area contributed by atoms with Gasteiger partial charge >= 0.3 is 0 Å². The Morgan fingerprint density at radius 1 is 1.34 bits per heavy atom. The van der Waals surface area contributed by atoms with Gasteiger partial charge < -0.3 is 0 Å². The molecule has 0 aliphatic carbocycles. The van der Waals surface area contributed by atoms with E-state index >= 15 is 0 Å². The van der Waals surface area contributed by atoms with E-state index in [0.717, 1.165) is 17.9 Å². The maximum Gasteiger partial charge on any atom is 0.229 e. The molecule has 1 heterocycles. The minimum atomic E-state index is -3.61. The molecule has 0 fully saturated rings. The zero-order valence-electron chi connectivity index (χ0n) is 15.7. The normalized spacial score (nSPS) is 14.0. The van der Waals surface area contributed by atoms with Gasteiger partial charge in [0, 0.05) is 10.4 Å². The van der Waals surface area contributed by atoms with E-state index in [4.69, 9.17) is 18.2 Å². The summed E-state index contributed by atoms with van der Waals surface area (Å²) in [7, 11) is -3.61. The first-order valence-corrected chi connectivity index (χ1v) is 10.9. The number of rotatable bonds is 6. The number of nitrogens with zero attached hydrogens (tertiary/aromatic N) is 3. The highest BCUT2D eigenvalue weighted by molar-refractivity contribution is 7.92. The minimum absolute atomic E-state index is 0.101. The molecule has 150 valence electrons. The molecule has 0 bridgehead atoms. The molecular weight excluding hydrogens is 415 g/mol. The van der Waals surface area contributed by atoms with Crippen LogP contribution in [0, 0.1) is 12.4 Å². The minimum Gasteiger partial charge on any atom is -0.283 e. The number of hydrogen-bond donors (Lipinski definition) is 1. The van der Waals surface area contributed by atoms with Crippen molar-refractivity contribution in [2.24, 2.45) is 0 Å². The molecule has 3 aromatic rings. The zero-order valence-corrected chi connectivity index (χ0v) is 17.3. The summed E-state index contributed by atoms with van der Waals surface area (Å²) in [4.78, 5) is 3.32. The molecule has 0 aliphatic rings. The highest BCUT2D eigenvalue weighted by atomic mass is 35.5. The first-order chi connectivity index (χ1) is 13.7. The number of anilines is 1. The van der Waals surface area contributed by atoms with E-state index in [1.807, 2.05) is 19.1 Å². The first-order valence-electron chi connectivity index (χ1n) is 8.66. The molecule has 0 radical (unpaired) electrons. The topological polar surface area (TPSA) is 68.3 Å². The van der Waals surface area contributed by atoms with E-state index < -0.39 is 21.4 Å². The highest BCUT2D eigenvalue weighted by Crippen LogP contribution is 2.37. The largest absolute Gasteiger partial charge is 0.283 e. The van der Waals surface area contributed by atoms with Crippen LogP contribution >= 0.6 is 11.6 Å². The third-order valence-electron chi connectivity index (χ3n) is 4.63. The summed E-state index contributed by atoms with van der Waals surface area (Å²) in [5.74, 6) is -0.610. The van der Waals surface area contributed by atoms with Gasteiger partial charge in [-0.1, -0.05) is 36.7 Å². The Kier molecular flexibility index (Phi) is 5.64. The van der Waals surface area contributed by atoms with Gasteiger partial charge in [-0.3, -0.25) is 9.40 Å². The van der Waals surface area contributed by atoms with E-state index in [1.54, 1.807) is 22.9 Å². The Morgan fingerprint density at radius 2 is 2.03 bits per heavy atom. The van der Waals surface area contributed by atoms with E-state index in [0.29, 0.717) is 22.3 Å². The standard InChI is InChI=1S/C20H18ClFN4O2S/c1-4-20(9-10-23-2,14-5-7-15(21)8-6-14)26-19-12-16(22)11-18(17(19)13-24-26)25-29(3,27)28/h5-13,25H,4H2,1,3H3/b10-9+. The Labute approximate surface area is 173 Å². The van der Waals surface area contributed by atoms with E-state index in [-0.39, 0.29) is 5.69 Å². The van der Waals surface area contributed by atoms with Gasteiger partial charge in [0.1, 0.15) is 5.82 Å². The van der Waals surface area contributed by atoms with Crippen molar-refractivity contribution < 1.29 is 12.8 Å². The van der Waals surface area contributed by atoms with Crippen LogP contribution in [0.25, 0.3) is 15.7 Å². The van der Waals surface area contributed by atoms with Crippen LogP contribution in [0.15, 0.2) is 54.9 Å². The summed E-state index contributed by atoms with van der Waals surface area (Å²) >= 11 is 6.03. The van der Waals surface area contributed by atoms with Crippen LogP contribution < -0.4 is 4.72 Å². The summed E-state index contributed by atoms with van der Waals surface area (Å²) in [6.07, 6.45) is 6.01. The van der Waals surface area contributed by atoms with E-state index in [2.05, 4.69) is 14.7 Å². The Bertz CT molecular complexity index is 1230. The fraction of sp³-hybridized carbons (Fsp3) is 0.200. The maximum atomic E-state index is 14.4. The molecule has 0 saturated heterocycles. The van der Waals surface area contributed by atoms with Crippen molar-refractivity contribution in [2.75, 3.05) is 11.0 Å². The van der Waals surface area contributed by atoms with Crippen molar-refractivity contribution in [3.05, 3.63) is 82.7 Å². The lowest BCUT2D eigenvalue weighted by Gasteiger charge is -2.32. The van der Waals surface area contributed by atoms with Crippen molar-refractivity contribution >= 4 is 38.2 Å². The molecule has 0 saturated carbocycles. The fourth-order valence-electron chi connectivity index (χ4n) is 3.35. The summed E-state index contributed by atoms with van der Waals surface area (Å²) in [6.45, 7) is 9.08. The average molecular weight is 433 g/mol. The molecule has 2 aromatic carbocycles. The first kappa shape index (κ1) is 20.8. The van der Waals surface area contributed by atoms with Gasteiger partial charge in [0.2, 0.25) is 10.0 Å². The van der Waals surface area contributed by atoms with Crippen molar-refractivity contribution in [3.8, 4) is 0 Å². The van der Waals surface area contributed by atoms with Gasteiger partial charge in [-0.2, -0.15) is 5.10 Å². The molecule has 0 amide bonds. The van der Waals surface area contributed by atoms with Gasteiger partial charge in [0.05, 0.1) is 35.8 Å². The third kappa shape index (κ3) is 4.11. The highest BCUT2D eigenvalue weighted by Gasteiger charge is 2.32. The Balaban J connectivity index is 2.33. The van der Waals surface area contributed by atoms with Crippen LogP contribution in [0.4, 0.5) is 10.1 Å². The number of allylic oxidation sites excluding steroid dienone is 1. The predicted molar refractivity (Wildman–Crippen MR) is 113 cm³/mol. The SMILES string of the molecule is [C-]#[N+]/C=C/C(CC)(c1ccc(Cl)cc1)n1ncc2c(NS(C)(=O)=O)cc(F)cc21. The number of nitrogens with one attached hydrogen (secondary N) is 1. The van der Waals surface area contributed by atoms with Crippen molar-refractivity contribution in [3.63, 3.8) is 0 Å². The zero-order chi connectivity index (χ0) is 21.2. The number of halogens is 2. The van der Waals surface area contributed by atoms with Gasteiger partial charge in [-0.15, -0.1) is 0 Å². The van der Waals surface area contributed by atoms with Crippen molar-refractivity contribution in [2.45, 2.75) is 18.9 Å². The van der Waals surface area contributed by atoms with Crippen LogP contribution in [-0.2, 0) is 15.6 Å². The number of sulfonamides is 1. The van der Waals surface area contributed by atoms with Gasteiger partial charge in [-0.05, 0) is 36.2 Å². The number of benzene rings is 2. The van der Waals surface area contributed by atoms with Crippen molar-refractivity contribution in [1.29, 1.82) is 0 Å². The molecule has 29 heavy (non-hydrogen) atoms. The number of hydrogen-bond acceptors (Lipinski definition) is 3. The van der Waals surface area contributed by atoms with Crippen LogP contribution in [-0.4, -0.2) is 24.5 Å². The van der Waals surface area contributed by atoms with E-state index in [9.17, 15) is 12.8 Å². The second-order valence-corrected chi connectivity index (χ2v) is 8.73. The lowest BCUT2D eigenvalue weighted by Crippen LogP contribution is -2.33. The lowest BCUT2D eigenvalue weighted by atomic mass is 9.87. The van der Waals surface area contributed by atoms with Gasteiger partial charge in [-0.25, -0.2) is 17.7 Å². The van der Waals surface area contributed by atoms with E-state index in [1.165, 1.54) is 18.5 Å².